The molecule has 0 aromatic heterocycles. The van der Waals surface area contributed by atoms with Gasteiger partial charge in [-0.2, -0.15) is 0 Å². The summed E-state index contributed by atoms with van der Waals surface area (Å²) in [5.74, 6) is 0.0903. The van der Waals surface area contributed by atoms with E-state index in [0.29, 0.717) is 24.5 Å². The van der Waals surface area contributed by atoms with Crippen molar-refractivity contribution >= 4 is 15.9 Å². The van der Waals surface area contributed by atoms with Crippen LogP contribution in [-0.2, 0) is 26.1 Å². The van der Waals surface area contributed by atoms with Gasteiger partial charge in [0.05, 0.1) is 17.5 Å². The third-order valence-electron chi connectivity index (χ3n) is 3.34. The molecule has 136 valence electrons. The zero-order valence-electron chi connectivity index (χ0n) is 14.4. The van der Waals surface area contributed by atoms with Crippen LogP contribution in [-0.4, -0.2) is 40.6 Å². The molecule has 1 atom stereocenters. The van der Waals surface area contributed by atoms with E-state index in [4.69, 9.17) is 10.5 Å². The summed E-state index contributed by atoms with van der Waals surface area (Å²) < 4.78 is 31.6. The van der Waals surface area contributed by atoms with Gasteiger partial charge in [-0.3, -0.25) is 4.79 Å². The van der Waals surface area contributed by atoms with Gasteiger partial charge in [0, 0.05) is 20.2 Å². The zero-order chi connectivity index (χ0) is 18.2. The number of amides is 1. The Bertz CT molecular complexity index is 632. The Morgan fingerprint density at radius 2 is 2.04 bits per heavy atom. The molecular formula is C16H27N3O4S. The molecule has 4 N–H and O–H groups in total. The van der Waals surface area contributed by atoms with Gasteiger partial charge in [-0.1, -0.05) is 26.0 Å². The lowest BCUT2D eigenvalue weighted by Gasteiger charge is -2.14. The number of rotatable bonds is 10. The molecule has 0 fully saturated rings. The number of carbonyl (C=O) groups excluding carboxylic acids is 1. The van der Waals surface area contributed by atoms with E-state index in [2.05, 4.69) is 10.0 Å². The monoisotopic (exact) mass is 357 g/mol. The largest absolute Gasteiger partial charge is 0.383 e. The van der Waals surface area contributed by atoms with Crippen LogP contribution in [0, 0.1) is 5.92 Å². The first kappa shape index (κ1) is 20.6. The maximum Gasteiger partial charge on any atom is 0.240 e. The molecule has 0 saturated heterocycles. The molecular weight excluding hydrogens is 330 g/mol. The molecule has 8 heteroatoms. The molecule has 0 aliphatic rings. The molecule has 0 aliphatic heterocycles. The lowest BCUT2D eigenvalue weighted by molar-refractivity contribution is -0.122. The Balaban J connectivity index is 2.67. The molecule has 1 aromatic rings. The van der Waals surface area contributed by atoms with Crippen molar-refractivity contribution in [3.8, 4) is 0 Å². The van der Waals surface area contributed by atoms with Crippen LogP contribution in [0.2, 0.25) is 0 Å². The smallest absolute Gasteiger partial charge is 0.240 e. The highest BCUT2D eigenvalue weighted by molar-refractivity contribution is 7.89. The molecule has 0 bridgehead atoms. The third kappa shape index (κ3) is 6.96. The second kappa shape index (κ2) is 9.73. The molecule has 0 unspecified atom stereocenters. The first-order valence-electron chi connectivity index (χ1n) is 7.87. The highest BCUT2D eigenvalue weighted by atomic mass is 32.2. The van der Waals surface area contributed by atoms with E-state index in [1.165, 1.54) is 19.2 Å². The van der Waals surface area contributed by atoms with E-state index in [1.807, 2.05) is 13.8 Å². The topological polar surface area (TPSA) is 111 Å². The fraction of sp³-hybridized carbons (Fsp3) is 0.562. The number of hydrogen-bond donors (Lipinski definition) is 3. The number of nitrogens with one attached hydrogen (secondary N) is 2. The maximum absolute atomic E-state index is 12.2. The van der Waals surface area contributed by atoms with Crippen molar-refractivity contribution in [2.75, 3.05) is 20.3 Å². The van der Waals surface area contributed by atoms with E-state index >= 15 is 0 Å². The minimum Gasteiger partial charge on any atom is -0.383 e. The molecule has 1 amide bonds. The Hall–Kier alpha value is -1.48. The average molecular weight is 357 g/mol. The number of methoxy groups -OCH3 is 1. The Labute approximate surface area is 144 Å². The number of sulfonamides is 1. The summed E-state index contributed by atoms with van der Waals surface area (Å²) in [7, 11) is -2.09. The molecule has 0 saturated carbocycles. The molecule has 0 spiro atoms. The van der Waals surface area contributed by atoms with Crippen LogP contribution in [0.4, 0.5) is 0 Å². The normalized spacial score (nSPS) is 13.0. The molecule has 24 heavy (non-hydrogen) atoms. The molecule has 0 heterocycles. The minimum atomic E-state index is -3.59. The lowest BCUT2D eigenvalue weighted by atomic mass is 10.0. The first-order valence-corrected chi connectivity index (χ1v) is 9.35. The van der Waals surface area contributed by atoms with Gasteiger partial charge in [0.2, 0.25) is 15.9 Å². The summed E-state index contributed by atoms with van der Waals surface area (Å²) in [6.45, 7) is 4.72. The molecule has 1 rings (SSSR count). The van der Waals surface area contributed by atoms with Gasteiger partial charge < -0.3 is 15.8 Å². The number of hydrogen-bond acceptors (Lipinski definition) is 5. The second-order valence-electron chi connectivity index (χ2n) is 5.99. The van der Waals surface area contributed by atoms with Gasteiger partial charge >= 0.3 is 0 Å². The highest BCUT2D eigenvalue weighted by Gasteiger charge is 2.16. The lowest BCUT2D eigenvalue weighted by Crippen LogP contribution is -2.41. The van der Waals surface area contributed by atoms with Crippen LogP contribution in [0.5, 0.6) is 0 Å². The minimum absolute atomic E-state index is 0.150. The predicted molar refractivity (Wildman–Crippen MR) is 92.8 cm³/mol. The van der Waals surface area contributed by atoms with Crippen molar-refractivity contribution in [2.24, 2.45) is 11.7 Å². The summed E-state index contributed by atoms with van der Waals surface area (Å²) in [6, 6.07) is 5.87. The summed E-state index contributed by atoms with van der Waals surface area (Å²) in [5.41, 5.74) is 6.51. The first-order chi connectivity index (χ1) is 11.3. The van der Waals surface area contributed by atoms with Crippen molar-refractivity contribution in [1.29, 1.82) is 0 Å². The standard InChI is InChI=1S/C16H27N3O4S/c1-12(2)9-15(17)16(20)18-11-13-5-4-6-14(10-13)24(21,22)19-7-8-23-3/h4-6,10,12,15,19H,7-9,11,17H2,1-3H3,(H,18,20)/t15-/m0/s1. The van der Waals surface area contributed by atoms with Gasteiger partial charge in [-0.05, 0) is 30.0 Å². The zero-order valence-corrected chi connectivity index (χ0v) is 15.2. The maximum atomic E-state index is 12.2. The van der Waals surface area contributed by atoms with Crippen LogP contribution in [0.3, 0.4) is 0 Å². The fourth-order valence-corrected chi connectivity index (χ4v) is 3.20. The van der Waals surface area contributed by atoms with E-state index in [9.17, 15) is 13.2 Å². The van der Waals surface area contributed by atoms with Crippen molar-refractivity contribution in [2.45, 2.75) is 37.8 Å². The van der Waals surface area contributed by atoms with Crippen molar-refractivity contribution in [3.05, 3.63) is 29.8 Å². The predicted octanol–water partition coefficient (Wildman–Crippen LogP) is 0.601. The van der Waals surface area contributed by atoms with Gasteiger partial charge in [-0.15, -0.1) is 0 Å². The van der Waals surface area contributed by atoms with Crippen LogP contribution in [0.1, 0.15) is 25.8 Å². The Kier molecular flexibility index (Phi) is 8.34. The SMILES string of the molecule is COCCNS(=O)(=O)c1cccc(CNC(=O)[C@@H](N)CC(C)C)c1. The van der Waals surface area contributed by atoms with E-state index in [-0.39, 0.29) is 23.9 Å². The highest BCUT2D eigenvalue weighted by Crippen LogP contribution is 2.11. The summed E-state index contributed by atoms with van der Waals surface area (Å²) in [6.07, 6.45) is 0.601. The quantitative estimate of drug-likeness (QED) is 0.531. The van der Waals surface area contributed by atoms with Gasteiger partial charge in [0.1, 0.15) is 0 Å². The number of ether oxygens (including phenoxy) is 1. The van der Waals surface area contributed by atoms with Crippen molar-refractivity contribution < 1.29 is 17.9 Å². The van der Waals surface area contributed by atoms with Crippen LogP contribution in [0.15, 0.2) is 29.2 Å². The fourth-order valence-electron chi connectivity index (χ4n) is 2.12. The molecule has 0 aliphatic carbocycles. The Morgan fingerprint density at radius 1 is 1.33 bits per heavy atom. The van der Waals surface area contributed by atoms with Crippen molar-refractivity contribution in [3.63, 3.8) is 0 Å². The van der Waals surface area contributed by atoms with E-state index in [1.54, 1.807) is 12.1 Å². The summed E-state index contributed by atoms with van der Waals surface area (Å²) >= 11 is 0. The molecule has 0 radical (unpaired) electrons. The van der Waals surface area contributed by atoms with Crippen LogP contribution in [0.25, 0.3) is 0 Å². The Morgan fingerprint density at radius 3 is 2.67 bits per heavy atom. The van der Waals surface area contributed by atoms with E-state index < -0.39 is 16.1 Å². The van der Waals surface area contributed by atoms with Crippen molar-refractivity contribution in [1.82, 2.24) is 10.0 Å². The van der Waals surface area contributed by atoms with Crippen LogP contribution >= 0.6 is 0 Å². The van der Waals surface area contributed by atoms with Crippen LogP contribution < -0.4 is 15.8 Å². The van der Waals surface area contributed by atoms with E-state index in [0.717, 1.165) is 0 Å². The summed E-state index contributed by atoms with van der Waals surface area (Å²) in [4.78, 5) is 12.1. The number of benzene rings is 1. The number of nitrogens with two attached hydrogens (primary N) is 1. The molecule has 1 aromatic carbocycles. The van der Waals surface area contributed by atoms with Gasteiger partial charge in [0.15, 0.2) is 0 Å². The van der Waals surface area contributed by atoms with Gasteiger partial charge in [-0.25, -0.2) is 13.1 Å². The average Bonchev–Trinajstić information content (AvgIpc) is 2.52. The number of carbonyl (C=O) groups is 1. The second-order valence-corrected chi connectivity index (χ2v) is 7.76. The third-order valence-corrected chi connectivity index (χ3v) is 4.79. The molecule has 7 nitrogen and oxygen atoms in total. The van der Waals surface area contributed by atoms with Gasteiger partial charge in [0.25, 0.3) is 0 Å². The summed E-state index contributed by atoms with van der Waals surface area (Å²) in [5, 5.41) is 2.74.